The van der Waals surface area contributed by atoms with Crippen LogP contribution >= 0.6 is 12.2 Å². The van der Waals surface area contributed by atoms with Gasteiger partial charge in [0.15, 0.2) is 5.11 Å². The summed E-state index contributed by atoms with van der Waals surface area (Å²) >= 11 is 5.86. The van der Waals surface area contributed by atoms with Crippen molar-refractivity contribution in [2.75, 3.05) is 26.2 Å². The van der Waals surface area contributed by atoms with E-state index in [0.29, 0.717) is 12.6 Å². The lowest BCUT2D eigenvalue weighted by molar-refractivity contribution is 0.277. The van der Waals surface area contributed by atoms with Crippen LogP contribution in [-0.4, -0.2) is 52.1 Å². The summed E-state index contributed by atoms with van der Waals surface area (Å²) in [7, 11) is 0. The van der Waals surface area contributed by atoms with Crippen molar-refractivity contribution < 1.29 is 0 Å². The largest absolute Gasteiger partial charge is 0.360 e. The van der Waals surface area contributed by atoms with Crippen LogP contribution in [0.25, 0.3) is 10.9 Å². The van der Waals surface area contributed by atoms with Gasteiger partial charge < -0.3 is 20.1 Å². The Hall–Kier alpha value is -1.92. The van der Waals surface area contributed by atoms with E-state index < -0.39 is 0 Å². The lowest BCUT2D eigenvalue weighted by atomic mass is 9.96. The maximum Gasteiger partial charge on any atom is 0.253 e. The Morgan fingerprint density at radius 2 is 1.81 bits per heavy atom. The zero-order chi connectivity index (χ0) is 23.1. The van der Waals surface area contributed by atoms with Crippen LogP contribution in [0.15, 0.2) is 23.0 Å². The van der Waals surface area contributed by atoms with Crippen molar-refractivity contribution in [3.05, 3.63) is 45.2 Å². The molecule has 1 heterocycles. The number of nitrogens with one attached hydrogen (secondary N) is 2. The van der Waals surface area contributed by atoms with Crippen molar-refractivity contribution in [2.45, 2.75) is 78.8 Å². The molecule has 1 aliphatic rings. The van der Waals surface area contributed by atoms with E-state index in [1.54, 1.807) is 0 Å². The predicted octanol–water partition coefficient (Wildman–Crippen LogP) is 4.89. The standard InChI is InChI=1S/C26H40N4OS/c1-5-29(6-2)13-10-14-30(26(32)27-23-11-8-7-9-12-23)18-22-17-21-16-19(3)15-20(4)24(21)28-25(22)31/h15-17,23H,5-14,18H2,1-4H3,(H,27,32)(H,28,31). The van der Waals surface area contributed by atoms with Crippen LogP contribution in [0.4, 0.5) is 0 Å². The van der Waals surface area contributed by atoms with E-state index in [9.17, 15) is 4.79 Å². The Morgan fingerprint density at radius 1 is 1.09 bits per heavy atom. The van der Waals surface area contributed by atoms with Crippen molar-refractivity contribution in [2.24, 2.45) is 0 Å². The quantitative estimate of drug-likeness (QED) is 0.527. The van der Waals surface area contributed by atoms with Crippen molar-refractivity contribution in [1.29, 1.82) is 0 Å². The Labute approximate surface area is 198 Å². The highest BCUT2D eigenvalue weighted by molar-refractivity contribution is 7.80. The van der Waals surface area contributed by atoms with Crippen LogP contribution in [0.2, 0.25) is 0 Å². The Kier molecular flexibility index (Phi) is 9.11. The number of aryl methyl sites for hydroxylation is 2. The molecule has 0 amide bonds. The maximum absolute atomic E-state index is 12.9. The molecule has 32 heavy (non-hydrogen) atoms. The first-order valence-corrected chi connectivity index (χ1v) is 12.7. The summed E-state index contributed by atoms with van der Waals surface area (Å²) in [6.45, 7) is 13.1. The minimum atomic E-state index is -0.0151. The zero-order valence-corrected chi connectivity index (χ0v) is 21.1. The molecule has 0 atom stereocenters. The summed E-state index contributed by atoms with van der Waals surface area (Å²) in [6.07, 6.45) is 7.25. The SMILES string of the molecule is CCN(CC)CCCN(Cc1cc2cc(C)cc(C)c2[nH]c1=O)C(=S)NC1CCCCC1. The van der Waals surface area contributed by atoms with Gasteiger partial charge in [-0.05, 0) is 88.0 Å². The molecule has 1 aromatic heterocycles. The normalized spacial score (nSPS) is 14.8. The highest BCUT2D eigenvalue weighted by Crippen LogP contribution is 2.20. The number of hydrogen-bond acceptors (Lipinski definition) is 3. The number of aromatic nitrogens is 1. The van der Waals surface area contributed by atoms with Crippen LogP contribution in [0.5, 0.6) is 0 Å². The molecule has 0 unspecified atom stereocenters. The fourth-order valence-electron chi connectivity index (χ4n) is 4.85. The first-order chi connectivity index (χ1) is 15.4. The van der Waals surface area contributed by atoms with Gasteiger partial charge in [0.1, 0.15) is 0 Å². The summed E-state index contributed by atoms with van der Waals surface area (Å²) in [4.78, 5) is 20.7. The van der Waals surface area contributed by atoms with Crippen LogP contribution in [0.3, 0.4) is 0 Å². The van der Waals surface area contributed by atoms with Crippen molar-refractivity contribution in [3.8, 4) is 0 Å². The van der Waals surface area contributed by atoms with E-state index in [4.69, 9.17) is 12.2 Å². The number of rotatable bonds is 9. The molecule has 2 aromatic rings. The summed E-state index contributed by atoms with van der Waals surface area (Å²) in [5.41, 5.74) is 4.00. The molecule has 6 heteroatoms. The number of pyridine rings is 1. The summed E-state index contributed by atoms with van der Waals surface area (Å²) < 4.78 is 0. The third-order valence-electron chi connectivity index (χ3n) is 6.75. The van der Waals surface area contributed by atoms with Crippen LogP contribution in [0.1, 0.15) is 69.1 Å². The summed E-state index contributed by atoms with van der Waals surface area (Å²) in [6, 6.07) is 6.77. The minimum Gasteiger partial charge on any atom is -0.360 e. The molecule has 176 valence electrons. The fourth-order valence-corrected chi connectivity index (χ4v) is 5.17. The number of thiocarbonyl (C=S) groups is 1. The number of fused-ring (bicyclic) bond motifs is 1. The van der Waals surface area contributed by atoms with Crippen LogP contribution < -0.4 is 10.9 Å². The lowest BCUT2D eigenvalue weighted by Gasteiger charge is -2.31. The average molecular weight is 457 g/mol. The Bertz CT molecular complexity index is 960. The molecule has 2 N–H and O–H groups in total. The van der Waals surface area contributed by atoms with E-state index in [1.165, 1.54) is 37.7 Å². The van der Waals surface area contributed by atoms with Crippen molar-refractivity contribution in [1.82, 2.24) is 20.1 Å². The van der Waals surface area contributed by atoms with E-state index in [-0.39, 0.29) is 5.56 Å². The Balaban J connectivity index is 1.79. The lowest BCUT2D eigenvalue weighted by Crippen LogP contribution is -2.46. The fraction of sp³-hybridized carbons (Fsp3) is 0.615. The van der Waals surface area contributed by atoms with E-state index in [0.717, 1.165) is 59.7 Å². The van der Waals surface area contributed by atoms with Crippen LogP contribution in [-0.2, 0) is 6.54 Å². The van der Waals surface area contributed by atoms with E-state index in [1.807, 2.05) is 6.92 Å². The number of H-pyrrole nitrogens is 1. The van der Waals surface area contributed by atoms with Crippen molar-refractivity contribution >= 4 is 28.2 Å². The first kappa shape index (κ1) is 24.7. The Morgan fingerprint density at radius 3 is 2.50 bits per heavy atom. The predicted molar refractivity (Wildman–Crippen MR) is 139 cm³/mol. The number of benzene rings is 1. The average Bonchev–Trinajstić information content (AvgIpc) is 2.77. The zero-order valence-electron chi connectivity index (χ0n) is 20.3. The molecular weight excluding hydrogens is 416 g/mol. The highest BCUT2D eigenvalue weighted by atomic mass is 32.1. The number of hydrogen-bond donors (Lipinski definition) is 2. The van der Waals surface area contributed by atoms with Gasteiger partial charge in [-0.3, -0.25) is 4.79 Å². The molecule has 5 nitrogen and oxygen atoms in total. The molecule has 0 aliphatic heterocycles. The van der Waals surface area contributed by atoms with Gasteiger partial charge in [0.25, 0.3) is 5.56 Å². The first-order valence-electron chi connectivity index (χ1n) is 12.3. The number of aromatic amines is 1. The van der Waals surface area contributed by atoms with Gasteiger partial charge in [0.2, 0.25) is 0 Å². The maximum atomic E-state index is 12.9. The summed E-state index contributed by atoms with van der Waals surface area (Å²) in [5.74, 6) is 0. The molecule has 0 spiro atoms. The molecule has 1 aliphatic carbocycles. The van der Waals surface area contributed by atoms with E-state index >= 15 is 0 Å². The molecule has 3 rings (SSSR count). The van der Waals surface area contributed by atoms with Gasteiger partial charge in [-0.2, -0.15) is 0 Å². The number of nitrogens with zero attached hydrogens (tertiary/aromatic N) is 2. The third kappa shape index (κ3) is 6.55. The minimum absolute atomic E-state index is 0.0151. The van der Waals surface area contributed by atoms with Crippen LogP contribution in [0, 0.1) is 13.8 Å². The highest BCUT2D eigenvalue weighted by Gasteiger charge is 2.19. The summed E-state index contributed by atoms with van der Waals surface area (Å²) in [5, 5.41) is 5.49. The second-order valence-corrected chi connectivity index (χ2v) is 9.64. The van der Waals surface area contributed by atoms with Gasteiger partial charge in [-0.25, -0.2) is 0 Å². The third-order valence-corrected chi connectivity index (χ3v) is 7.12. The van der Waals surface area contributed by atoms with Gasteiger partial charge in [-0.15, -0.1) is 0 Å². The smallest absolute Gasteiger partial charge is 0.253 e. The van der Waals surface area contributed by atoms with E-state index in [2.05, 4.69) is 59.1 Å². The molecule has 1 fully saturated rings. The molecule has 0 radical (unpaired) electrons. The van der Waals surface area contributed by atoms with Gasteiger partial charge in [0, 0.05) is 18.2 Å². The molecule has 1 aromatic carbocycles. The molecule has 0 saturated heterocycles. The molecular formula is C26H40N4OS. The second-order valence-electron chi connectivity index (χ2n) is 9.26. The molecule has 1 saturated carbocycles. The van der Waals surface area contributed by atoms with Gasteiger partial charge >= 0.3 is 0 Å². The topological polar surface area (TPSA) is 51.4 Å². The van der Waals surface area contributed by atoms with Gasteiger partial charge in [-0.1, -0.05) is 44.7 Å². The monoisotopic (exact) mass is 456 g/mol. The second kappa shape index (κ2) is 11.8. The van der Waals surface area contributed by atoms with Crippen molar-refractivity contribution in [3.63, 3.8) is 0 Å². The molecule has 0 bridgehead atoms. The van der Waals surface area contributed by atoms with Gasteiger partial charge in [0.05, 0.1) is 12.1 Å².